The van der Waals surface area contributed by atoms with Gasteiger partial charge in [0.25, 0.3) is 5.91 Å². The van der Waals surface area contributed by atoms with Gasteiger partial charge in [0, 0.05) is 43.1 Å². The maximum atomic E-state index is 12.9. The molecule has 1 aromatic carbocycles. The van der Waals surface area contributed by atoms with Crippen molar-refractivity contribution in [1.82, 2.24) is 14.8 Å². The molecule has 2 fully saturated rings. The number of fused-ring (bicyclic) bond motifs is 1. The highest BCUT2D eigenvalue weighted by molar-refractivity contribution is 5.99. The molecule has 0 aliphatic carbocycles. The normalized spacial score (nSPS) is 20.3. The van der Waals surface area contributed by atoms with Crippen molar-refractivity contribution in [2.45, 2.75) is 32.7 Å². The van der Waals surface area contributed by atoms with Crippen LogP contribution in [0.2, 0.25) is 0 Å². The lowest BCUT2D eigenvalue weighted by atomic mass is 10.0. The Balaban J connectivity index is 1.44. The van der Waals surface area contributed by atoms with Gasteiger partial charge in [0.05, 0.1) is 13.2 Å². The van der Waals surface area contributed by atoms with Crippen LogP contribution in [0.15, 0.2) is 18.2 Å². The van der Waals surface area contributed by atoms with Crippen LogP contribution in [0, 0.1) is 13.8 Å². The Morgan fingerprint density at radius 2 is 1.84 bits per heavy atom. The largest absolute Gasteiger partial charge is 0.379 e. The van der Waals surface area contributed by atoms with E-state index in [2.05, 4.69) is 35.9 Å². The minimum Gasteiger partial charge on any atom is -0.379 e. The molecule has 0 unspecified atom stereocenters. The van der Waals surface area contributed by atoms with Gasteiger partial charge in [-0.25, -0.2) is 0 Å². The van der Waals surface area contributed by atoms with E-state index in [1.807, 2.05) is 11.0 Å². The summed E-state index contributed by atoms with van der Waals surface area (Å²) >= 11 is 0. The van der Waals surface area contributed by atoms with Crippen LogP contribution in [-0.4, -0.2) is 66.1 Å². The van der Waals surface area contributed by atoms with E-state index in [-0.39, 0.29) is 5.91 Å². The van der Waals surface area contributed by atoms with Gasteiger partial charge in [0.1, 0.15) is 5.69 Å². The number of aromatic amines is 1. The van der Waals surface area contributed by atoms with E-state index in [4.69, 9.17) is 4.74 Å². The quantitative estimate of drug-likeness (QED) is 0.914. The van der Waals surface area contributed by atoms with E-state index < -0.39 is 0 Å². The van der Waals surface area contributed by atoms with E-state index in [1.165, 1.54) is 11.1 Å². The minimum absolute atomic E-state index is 0.133. The highest BCUT2D eigenvalue weighted by Crippen LogP contribution is 2.24. The van der Waals surface area contributed by atoms with Crippen LogP contribution in [0.3, 0.4) is 0 Å². The Labute approximate surface area is 148 Å². The van der Waals surface area contributed by atoms with Crippen molar-refractivity contribution >= 4 is 16.8 Å². The Bertz CT molecular complexity index is 769. The third-order valence-corrected chi connectivity index (χ3v) is 5.89. The van der Waals surface area contributed by atoms with Crippen molar-refractivity contribution < 1.29 is 9.53 Å². The van der Waals surface area contributed by atoms with Crippen molar-refractivity contribution in [3.8, 4) is 0 Å². The number of piperidine rings is 1. The van der Waals surface area contributed by atoms with Gasteiger partial charge in [-0.05, 0) is 49.9 Å². The van der Waals surface area contributed by atoms with Gasteiger partial charge in [-0.3, -0.25) is 9.69 Å². The van der Waals surface area contributed by atoms with Crippen molar-refractivity contribution in [3.05, 3.63) is 35.0 Å². The maximum absolute atomic E-state index is 12.9. The van der Waals surface area contributed by atoms with Crippen LogP contribution in [0.5, 0.6) is 0 Å². The third-order valence-electron chi connectivity index (χ3n) is 5.89. The Hall–Kier alpha value is -1.85. The SMILES string of the molecule is Cc1ccc2[nH]c(C(=O)N3CCC(N4CCOCC4)CC3)cc2c1C. The molecule has 2 aliphatic rings. The Morgan fingerprint density at radius 1 is 1.12 bits per heavy atom. The summed E-state index contributed by atoms with van der Waals surface area (Å²) in [5.74, 6) is 0.133. The minimum atomic E-state index is 0.133. The first-order valence-corrected chi connectivity index (χ1v) is 9.33. The second-order valence-electron chi connectivity index (χ2n) is 7.32. The molecular weight excluding hydrogens is 314 g/mol. The molecule has 1 N–H and O–H groups in total. The van der Waals surface area contributed by atoms with Gasteiger partial charge < -0.3 is 14.6 Å². The first kappa shape index (κ1) is 16.6. The fourth-order valence-corrected chi connectivity index (χ4v) is 4.12. The number of aromatic nitrogens is 1. The number of likely N-dealkylation sites (tertiary alicyclic amines) is 1. The molecule has 0 atom stereocenters. The van der Waals surface area contributed by atoms with Crippen molar-refractivity contribution in [3.63, 3.8) is 0 Å². The number of amides is 1. The number of hydrogen-bond donors (Lipinski definition) is 1. The van der Waals surface area contributed by atoms with Gasteiger partial charge in [-0.2, -0.15) is 0 Å². The number of rotatable bonds is 2. The standard InChI is InChI=1S/C20H27N3O2/c1-14-3-4-18-17(15(14)2)13-19(21-18)20(24)23-7-5-16(6-8-23)22-9-11-25-12-10-22/h3-4,13,16,21H,5-12H2,1-2H3. The number of carbonyl (C=O) groups is 1. The van der Waals surface area contributed by atoms with Crippen LogP contribution in [0.25, 0.3) is 10.9 Å². The lowest BCUT2D eigenvalue weighted by Gasteiger charge is -2.40. The topological polar surface area (TPSA) is 48.6 Å². The number of nitrogens with one attached hydrogen (secondary N) is 1. The molecule has 5 heteroatoms. The monoisotopic (exact) mass is 341 g/mol. The molecule has 1 aromatic heterocycles. The molecular formula is C20H27N3O2. The van der Waals surface area contributed by atoms with Crippen LogP contribution in [0.4, 0.5) is 0 Å². The molecule has 4 rings (SSSR count). The highest BCUT2D eigenvalue weighted by Gasteiger charge is 2.28. The number of H-pyrrole nitrogens is 1. The zero-order valence-corrected chi connectivity index (χ0v) is 15.2. The first-order valence-electron chi connectivity index (χ1n) is 9.33. The van der Waals surface area contributed by atoms with E-state index in [0.29, 0.717) is 11.7 Å². The molecule has 0 bridgehead atoms. The summed E-state index contributed by atoms with van der Waals surface area (Å²) in [5, 5.41) is 1.16. The molecule has 0 spiro atoms. The molecule has 3 heterocycles. The zero-order valence-electron chi connectivity index (χ0n) is 15.2. The van der Waals surface area contributed by atoms with Crippen LogP contribution in [0.1, 0.15) is 34.5 Å². The summed E-state index contributed by atoms with van der Waals surface area (Å²) in [7, 11) is 0. The van der Waals surface area contributed by atoms with E-state index in [0.717, 1.165) is 63.1 Å². The van der Waals surface area contributed by atoms with Gasteiger partial charge >= 0.3 is 0 Å². The lowest BCUT2D eigenvalue weighted by molar-refractivity contribution is 0.00154. The van der Waals surface area contributed by atoms with Crippen molar-refractivity contribution in [2.75, 3.05) is 39.4 Å². The summed E-state index contributed by atoms with van der Waals surface area (Å²) in [6, 6.07) is 6.80. The smallest absolute Gasteiger partial charge is 0.270 e. The maximum Gasteiger partial charge on any atom is 0.270 e. The molecule has 0 radical (unpaired) electrons. The van der Waals surface area contributed by atoms with Gasteiger partial charge in [-0.15, -0.1) is 0 Å². The predicted octanol–water partition coefficient (Wildman–Crippen LogP) is 2.72. The third kappa shape index (κ3) is 3.18. The van der Waals surface area contributed by atoms with Gasteiger partial charge in [0.15, 0.2) is 0 Å². The summed E-state index contributed by atoms with van der Waals surface area (Å²) in [5.41, 5.74) is 4.28. The molecule has 0 saturated carbocycles. The number of carbonyl (C=O) groups excluding carboxylic acids is 1. The number of benzene rings is 1. The molecule has 2 saturated heterocycles. The van der Waals surface area contributed by atoms with Gasteiger partial charge in [0.2, 0.25) is 0 Å². The Kier molecular flexibility index (Phi) is 4.52. The molecule has 134 valence electrons. The van der Waals surface area contributed by atoms with Gasteiger partial charge in [-0.1, -0.05) is 6.07 Å². The molecule has 1 amide bonds. The van der Waals surface area contributed by atoms with E-state index in [1.54, 1.807) is 0 Å². The summed E-state index contributed by atoms with van der Waals surface area (Å²) < 4.78 is 5.44. The Morgan fingerprint density at radius 3 is 2.56 bits per heavy atom. The summed E-state index contributed by atoms with van der Waals surface area (Å²) in [6.07, 6.45) is 2.12. The first-order chi connectivity index (χ1) is 12.1. The number of aryl methyl sites for hydroxylation is 2. The fourth-order valence-electron chi connectivity index (χ4n) is 4.12. The number of nitrogens with zero attached hydrogens (tertiary/aromatic N) is 2. The lowest BCUT2D eigenvalue weighted by Crippen LogP contribution is -2.50. The molecule has 25 heavy (non-hydrogen) atoms. The molecule has 2 aromatic rings. The number of ether oxygens (including phenoxy) is 1. The summed E-state index contributed by atoms with van der Waals surface area (Å²) in [6.45, 7) is 9.65. The van der Waals surface area contributed by atoms with Crippen molar-refractivity contribution in [1.29, 1.82) is 0 Å². The van der Waals surface area contributed by atoms with Crippen LogP contribution >= 0.6 is 0 Å². The predicted molar refractivity (Wildman–Crippen MR) is 99.1 cm³/mol. The molecule has 5 nitrogen and oxygen atoms in total. The highest BCUT2D eigenvalue weighted by atomic mass is 16.5. The summed E-state index contributed by atoms with van der Waals surface area (Å²) in [4.78, 5) is 20.8. The average Bonchev–Trinajstić information content (AvgIpc) is 3.10. The number of hydrogen-bond acceptors (Lipinski definition) is 3. The van der Waals surface area contributed by atoms with Crippen LogP contribution < -0.4 is 0 Å². The fraction of sp³-hybridized carbons (Fsp3) is 0.550. The number of morpholine rings is 1. The van der Waals surface area contributed by atoms with E-state index in [9.17, 15) is 4.79 Å². The second kappa shape index (κ2) is 6.81. The van der Waals surface area contributed by atoms with Crippen LogP contribution in [-0.2, 0) is 4.74 Å². The average molecular weight is 341 g/mol. The zero-order chi connectivity index (χ0) is 17.4. The second-order valence-corrected chi connectivity index (χ2v) is 7.32. The van der Waals surface area contributed by atoms with Crippen molar-refractivity contribution in [2.24, 2.45) is 0 Å². The van der Waals surface area contributed by atoms with E-state index >= 15 is 0 Å². The molecule has 2 aliphatic heterocycles.